The monoisotopic (exact) mass is 234 g/mol. The number of hydrogen-bond acceptors (Lipinski definition) is 4. The van der Waals surface area contributed by atoms with E-state index in [4.69, 9.17) is 14.7 Å². The molecule has 0 amide bonds. The largest absolute Gasteiger partial charge is 0.479 e. The van der Waals surface area contributed by atoms with E-state index in [1.165, 1.54) is 5.56 Å². The molecule has 0 radical (unpaired) electrons. The average molecular weight is 234 g/mol. The Bertz CT molecular complexity index is 357. The van der Waals surface area contributed by atoms with Crippen LogP contribution in [-0.2, 0) is 11.3 Å². The van der Waals surface area contributed by atoms with Gasteiger partial charge in [0, 0.05) is 19.7 Å². The van der Waals surface area contributed by atoms with E-state index in [0.29, 0.717) is 12.6 Å². The first kappa shape index (κ1) is 13.5. The number of ether oxygens (including phenoxy) is 2. The van der Waals surface area contributed by atoms with Gasteiger partial charge < -0.3 is 14.8 Å². The summed E-state index contributed by atoms with van der Waals surface area (Å²) >= 11 is 0. The first-order chi connectivity index (χ1) is 8.26. The molecule has 0 saturated carbocycles. The summed E-state index contributed by atoms with van der Waals surface area (Å²) in [6.07, 6.45) is 0. The minimum absolute atomic E-state index is 0.0858. The number of nitrogens with one attached hydrogen (secondary N) is 1. The molecule has 0 spiro atoms. The Morgan fingerprint density at radius 3 is 2.65 bits per heavy atom. The fraction of sp³-hybridized carbons (Fsp3) is 0.462. The van der Waals surface area contributed by atoms with Gasteiger partial charge in [0.05, 0.1) is 6.61 Å². The molecule has 0 saturated heterocycles. The maximum atomic E-state index is 8.38. The molecular formula is C13H18N2O2. The van der Waals surface area contributed by atoms with Crippen molar-refractivity contribution in [1.29, 1.82) is 5.26 Å². The molecule has 1 aromatic rings. The van der Waals surface area contributed by atoms with Crippen LogP contribution in [0.15, 0.2) is 24.3 Å². The van der Waals surface area contributed by atoms with E-state index in [2.05, 4.69) is 12.2 Å². The smallest absolute Gasteiger partial charge is 0.174 e. The van der Waals surface area contributed by atoms with Crippen LogP contribution in [0, 0.1) is 11.3 Å². The van der Waals surface area contributed by atoms with E-state index in [1.54, 1.807) is 7.11 Å². The molecule has 1 N–H and O–H groups in total. The predicted molar refractivity (Wildman–Crippen MR) is 65.7 cm³/mol. The van der Waals surface area contributed by atoms with Gasteiger partial charge in [-0.15, -0.1) is 0 Å². The summed E-state index contributed by atoms with van der Waals surface area (Å²) < 4.78 is 10.2. The zero-order chi connectivity index (χ0) is 12.5. The van der Waals surface area contributed by atoms with Crippen molar-refractivity contribution in [3.8, 4) is 11.8 Å². The van der Waals surface area contributed by atoms with Crippen LogP contribution in [0.3, 0.4) is 0 Å². The average Bonchev–Trinajstić information content (AvgIpc) is 2.35. The molecule has 92 valence electrons. The lowest BCUT2D eigenvalue weighted by Crippen LogP contribution is -2.29. The second kappa shape index (κ2) is 7.66. The Labute approximate surface area is 102 Å². The Morgan fingerprint density at radius 2 is 2.06 bits per heavy atom. The zero-order valence-electron chi connectivity index (χ0n) is 10.3. The van der Waals surface area contributed by atoms with Crippen LogP contribution in [-0.4, -0.2) is 26.4 Å². The molecule has 0 aromatic heterocycles. The fourth-order valence-electron chi connectivity index (χ4n) is 1.42. The molecule has 0 aliphatic rings. The van der Waals surface area contributed by atoms with E-state index >= 15 is 0 Å². The van der Waals surface area contributed by atoms with Crippen molar-refractivity contribution in [2.45, 2.75) is 19.5 Å². The zero-order valence-corrected chi connectivity index (χ0v) is 10.3. The predicted octanol–water partition coefficient (Wildman–Crippen LogP) is 1.71. The van der Waals surface area contributed by atoms with Crippen LogP contribution in [0.1, 0.15) is 12.5 Å². The normalized spacial score (nSPS) is 11.8. The molecule has 0 fully saturated rings. The summed E-state index contributed by atoms with van der Waals surface area (Å²) in [6.45, 7) is 3.66. The van der Waals surface area contributed by atoms with E-state index in [-0.39, 0.29) is 6.61 Å². The SMILES string of the molecule is COCC(C)NCc1ccc(OCC#N)cc1. The molecule has 17 heavy (non-hydrogen) atoms. The molecule has 4 heteroatoms. The molecule has 1 aromatic carbocycles. The van der Waals surface area contributed by atoms with Crippen LogP contribution < -0.4 is 10.1 Å². The number of nitriles is 1. The van der Waals surface area contributed by atoms with E-state index in [1.807, 2.05) is 30.3 Å². The molecule has 0 aliphatic heterocycles. The van der Waals surface area contributed by atoms with Gasteiger partial charge in [-0.1, -0.05) is 12.1 Å². The van der Waals surface area contributed by atoms with Crippen molar-refractivity contribution in [3.05, 3.63) is 29.8 Å². The van der Waals surface area contributed by atoms with Gasteiger partial charge in [-0.2, -0.15) is 5.26 Å². The lowest BCUT2D eigenvalue weighted by atomic mass is 10.2. The highest BCUT2D eigenvalue weighted by Crippen LogP contribution is 2.11. The van der Waals surface area contributed by atoms with Gasteiger partial charge in [0.1, 0.15) is 11.8 Å². The third-order valence-electron chi connectivity index (χ3n) is 2.30. The van der Waals surface area contributed by atoms with E-state index in [0.717, 1.165) is 12.3 Å². The first-order valence-electron chi connectivity index (χ1n) is 5.57. The third kappa shape index (κ3) is 5.34. The fourth-order valence-corrected chi connectivity index (χ4v) is 1.42. The molecule has 0 heterocycles. The second-order valence-electron chi connectivity index (χ2n) is 3.83. The third-order valence-corrected chi connectivity index (χ3v) is 2.30. The van der Waals surface area contributed by atoms with E-state index < -0.39 is 0 Å². The topological polar surface area (TPSA) is 54.3 Å². The Hall–Kier alpha value is -1.57. The number of nitrogens with zero attached hydrogens (tertiary/aromatic N) is 1. The van der Waals surface area contributed by atoms with Gasteiger partial charge in [-0.3, -0.25) is 0 Å². The highest BCUT2D eigenvalue weighted by atomic mass is 16.5. The Morgan fingerprint density at radius 1 is 1.35 bits per heavy atom. The Balaban J connectivity index is 2.37. The van der Waals surface area contributed by atoms with Crippen molar-refractivity contribution in [1.82, 2.24) is 5.32 Å². The lowest BCUT2D eigenvalue weighted by molar-refractivity contribution is 0.171. The highest BCUT2D eigenvalue weighted by molar-refractivity contribution is 5.27. The number of benzene rings is 1. The number of hydrogen-bond donors (Lipinski definition) is 1. The molecule has 1 unspecified atom stereocenters. The van der Waals surface area contributed by atoms with Gasteiger partial charge in [-0.25, -0.2) is 0 Å². The van der Waals surface area contributed by atoms with Crippen LogP contribution in [0.2, 0.25) is 0 Å². The number of rotatable bonds is 7. The van der Waals surface area contributed by atoms with Gasteiger partial charge >= 0.3 is 0 Å². The highest BCUT2D eigenvalue weighted by Gasteiger charge is 2.00. The van der Waals surface area contributed by atoms with Crippen molar-refractivity contribution >= 4 is 0 Å². The van der Waals surface area contributed by atoms with Gasteiger partial charge in [0.25, 0.3) is 0 Å². The van der Waals surface area contributed by atoms with Gasteiger partial charge in [0.2, 0.25) is 0 Å². The molecule has 0 aliphatic carbocycles. The maximum Gasteiger partial charge on any atom is 0.174 e. The minimum Gasteiger partial charge on any atom is -0.479 e. The van der Waals surface area contributed by atoms with Crippen LogP contribution in [0.4, 0.5) is 0 Å². The molecule has 1 atom stereocenters. The van der Waals surface area contributed by atoms with Crippen LogP contribution in [0.25, 0.3) is 0 Å². The summed E-state index contributed by atoms with van der Waals surface area (Å²) in [5.74, 6) is 0.722. The standard InChI is InChI=1S/C13H18N2O2/c1-11(10-16-2)15-9-12-3-5-13(6-4-12)17-8-7-14/h3-6,11,15H,8-10H2,1-2H3. The van der Waals surface area contributed by atoms with Crippen molar-refractivity contribution in [2.75, 3.05) is 20.3 Å². The number of methoxy groups -OCH3 is 1. The van der Waals surface area contributed by atoms with Crippen LogP contribution in [0.5, 0.6) is 5.75 Å². The molecular weight excluding hydrogens is 216 g/mol. The van der Waals surface area contributed by atoms with Gasteiger partial charge in [0.15, 0.2) is 6.61 Å². The van der Waals surface area contributed by atoms with Crippen LogP contribution >= 0.6 is 0 Å². The first-order valence-corrected chi connectivity index (χ1v) is 5.57. The summed E-state index contributed by atoms with van der Waals surface area (Å²) in [7, 11) is 1.69. The van der Waals surface area contributed by atoms with E-state index in [9.17, 15) is 0 Å². The molecule has 4 nitrogen and oxygen atoms in total. The quantitative estimate of drug-likeness (QED) is 0.780. The van der Waals surface area contributed by atoms with Crippen molar-refractivity contribution < 1.29 is 9.47 Å². The lowest BCUT2D eigenvalue weighted by Gasteiger charge is -2.12. The Kier molecular flexibility index (Phi) is 6.08. The van der Waals surface area contributed by atoms with Gasteiger partial charge in [-0.05, 0) is 24.6 Å². The summed E-state index contributed by atoms with van der Waals surface area (Å²) in [4.78, 5) is 0. The van der Waals surface area contributed by atoms with Crippen molar-refractivity contribution in [2.24, 2.45) is 0 Å². The molecule has 0 bridgehead atoms. The maximum absolute atomic E-state index is 8.38. The second-order valence-corrected chi connectivity index (χ2v) is 3.83. The summed E-state index contributed by atoms with van der Waals surface area (Å²) in [5.41, 5.74) is 1.18. The van der Waals surface area contributed by atoms with Crippen molar-refractivity contribution in [3.63, 3.8) is 0 Å². The summed E-state index contributed by atoms with van der Waals surface area (Å²) in [5, 5.41) is 11.7. The summed E-state index contributed by atoms with van der Waals surface area (Å²) in [6, 6.07) is 9.98. The minimum atomic E-state index is 0.0858. The molecule has 1 rings (SSSR count).